The Hall–Kier alpha value is -4.71. The minimum atomic E-state index is -0.394. The summed E-state index contributed by atoms with van der Waals surface area (Å²) in [6, 6.07) is 14.5. The molecule has 3 fully saturated rings. The van der Waals surface area contributed by atoms with Crippen LogP contribution in [-0.2, 0) is 19.1 Å². The number of esters is 1. The number of aromatic amines is 1. The lowest BCUT2D eigenvalue weighted by Crippen LogP contribution is -2.52. The van der Waals surface area contributed by atoms with E-state index >= 15 is 0 Å². The second-order valence-electron chi connectivity index (χ2n) is 15.9. The maximum atomic E-state index is 14.0. The summed E-state index contributed by atoms with van der Waals surface area (Å²) in [5.74, 6) is 7.76. The van der Waals surface area contributed by atoms with E-state index in [9.17, 15) is 14.4 Å². The number of carbonyl (C=O) groups excluding carboxylic acids is 3. The first kappa shape index (κ1) is 35.7. The maximum Gasteiger partial charge on any atom is 0.306 e. The number of hydrogen-bond acceptors (Lipinski definition) is 6. The first-order valence-corrected chi connectivity index (χ1v) is 19.1. The van der Waals surface area contributed by atoms with Crippen molar-refractivity contribution in [1.29, 1.82) is 0 Å². The molecule has 3 aliphatic heterocycles. The quantitative estimate of drug-likeness (QED) is 0.186. The Morgan fingerprint density at radius 2 is 1.69 bits per heavy atom. The maximum absolute atomic E-state index is 14.0. The lowest BCUT2D eigenvalue weighted by Gasteiger charge is -2.38. The number of aromatic nitrogens is 2. The molecule has 52 heavy (non-hydrogen) atoms. The predicted molar refractivity (Wildman–Crippen MR) is 203 cm³/mol. The van der Waals surface area contributed by atoms with Crippen LogP contribution in [0.25, 0.3) is 16.6 Å². The molecule has 272 valence electrons. The van der Waals surface area contributed by atoms with Crippen LogP contribution in [0.3, 0.4) is 0 Å². The molecule has 2 saturated heterocycles. The largest absolute Gasteiger partial charge is 0.469 e. The van der Waals surface area contributed by atoms with Crippen LogP contribution >= 0.6 is 0 Å². The average molecular weight is 702 g/mol. The Labute approximate surface area is 307 Å². The molecule has 1 aromatic heterocycles. The highest BCUT2D eigenvalue weighted by Gasteiger charge is 2.51. The van der Waals surface area contributed by atoms with Gasteiger partial charge in [0.25, 0.3) is 0 Å². The van der Waals surface area contributed by atoms with Gasteiger partial charge in [0.2, 0.25) is 11.8 Å². The second-order valence-corrected chi connectivity index (χ2v) is 15.9. The number of imidazole rings is 1. The van der Waals surface area contributed by atoms with Crippen LogP contribution in [0.15, 0.2) is 53.7 Å². The molecule has 2 amide bonds. The molecule has 4 heterocycles. The fourth-order valence-corrected chi connectivity index (χ4v) is 8.64. The van der Waals surface area contributed by atoms with Gasteiger partial charge in [0.05, 0.1) is 42.6 Å². The first-order valence-electron chi connectivity index (χ1n) is 19.1. The van der Waals surface area contributed by atoms with E-state index in [4.69, 9.17) is 14.7 Å². The van der Waals surface area contributed by atoms with Gasteiger partial charge in [0.15, 0.2) is 0 Å². The molecule has 9 nitrogen and oxygen atoms in total. The summed E-state index contributed by atoms with van der Waals surface area (Å²) in [5.41, 5.74) is 6.92. The zero-order chi connectivity index (χ0) is 36.7. The standard InChI is InChI=1S/C43H51N5O4/c1-25(2)27(5)42(50)47-19-7-8-38(47)41-45-35-18-13-29(20-36(35)46-41)10-9-28-11-14-30(15-12-28)32-22-37(44-24-32)40-31-16-17-33(21-31)48(40)43(51)34(26(3)4)23-39(49)52-6/h11-15,18,20,24-27,31,33-34,38,40H,7-8,16-17,19,21-23H2,1-6H3,(H,45,46)/t27-,31-,33+,34-,38-,40-/m0/s1. The van der Waals surface area contributed by atoms with Gasteiger partial charge in [-0.15, -0.1) is 0 Å². The van der Waals surface area contributed by atoms with Gasteiger partial charge in [-0.3, -0.25) is 19.4 Å². The Kier molecular flexibility index (Phi) is 10.1. The van der Waals surface area contributed by atoms with Crippen molar-refractivity contribution in [3.63, 3.8) is 0 Å². The van der Waals surface area contributed by atoms with Gasteiger partial charge in [-0.2, -0.15) is 0 Å². The number of methoxy groups -OCH3 is 1. The number of likely N-dealkylation sites (tertiary alicyclic amines) is 2. The number of H-pyrrole nitrogens is 1. The fourth-order valence-electron chi connectivity index (χ4n) is 8.64. The van der Waals surface area contributed by atoms with E-state index in [0.717, 1.165) is 83.5 Å². The number of amides is 2. The van der Waals surface area contributed by atoms with Crippen molar-refractivity contribution in [3.05, 3.63) is 71.2 Å². The molecule has 2 bridgehead atoms. The summed E-state index contributed by atoms with van der Waals surface area (Å²) in [6.07, 6.45) is 7.81. The van der Waals surface area contributed by atoms with Gasteiger partial charge in [-0.25, -0.2) is 4.98 Å². The smallest absolute Gasteiger partial charge is 0.306 e. The van der Waals surface area contributed by atoms with Gasteiger partial charge in [-0.1, -0.05) is 58.6 Å². The zero-order valence-corrected chi connectivity index (χ0v) is 31.3. The number of allylic oxidation sites excluding steroid dienone is 1. The molecule has 1 aliphatic carbocycles. The van der Waals surface area contributed by atoms with Gasteiger partial charge in [-0.05, 0) is 91.3 Å². The molecule has 0 unspecified atom stereocenters. The lowest BCUT2D eigenvalue weighted by atomic mass is 9.87. The van der Waals surface area contributed by atoms with Crippen molar-refractivity contribution < 1.29 is 19.1 Å². The van der Waals surface area contributed by atoms with Crippen molar-refractivity contribution in [1.82, 2.24) is 19.8 Å². The van der Waals surface area contributed by atoms with Crippen LogP contribution in [0.1, 0.15) is 108 Å². The van der Waals surface area contributed by atoms with E-state index in [1.807, 2.05) is 62.2 Å². The van der Waals surface area contributed by atoms with Crippen LogP contribution in [0.2, 0.25) is 0 Å². The van der Waals surface area contributed by atoms with Crippen LogP contribution in [0.4, 0.5) is 0 Å². The molecule has 7 rings (SSSR count). The van der Waals surface area contributed by atoms with E-state index in [2.05, 4.69) is 47.7 Å². The number of ether oxygens (including phenoxy) is 1. The van der Waals surface area contributed by atoms with Crippen LogP contribution in [-0.4, -0.2) is 69.0 Å². The Morgan fingerprint density at radius 1 is 0.942 bits per heavy atom. The molecule has 6 atom stereocenters. The van der Waals surface area contributed by atoms with Gasteiger partial charge in [0.1, 0.15) is 5.82 Å². The molecule has 3 aromatic rings. The highest BCUT2D eigenvalue weighted by Crippen LogP contribution is 2.46. The first-order chi connectivity index (χ1) is 25.0. The van der Waals surface area contributed by atoms with Gasteiger partial charge >= 0.3 is 5.97 Å². The summed E-state index contributed by atoms with van der Waals surface area (Å²) in [5, 5.41) is 0. The third kappa shape index (κ3) is 6.92. The number of hydrogen-bond donors (Lipinski definition) is 1. The molecule has 9 heteroatoms. The number of fused-ring (bicyclic) bond motifs is 3. The Bertz CT molecular complexity index is 1980. The van der Waals surface area contributed by atoms with E-state index in [1.54, 1.807) is 0 Å². The molecular weight excluding hydrogens is 651 g/mol. The lowest BCUT2D eigenvalue weighted by molar-refractivity contribution is -0.149. The zero-order valence-electron chi connectivity index (χ0n) is 31.3. The molecular formula is C43H51N5O4. The second kappa shape index (κ2) is 14.7. The third-order valence-electron chi connectivity index (χ3n) is 12.0. The van der Waals surface area contributed by atoms with Crippen molar-refractivity contribution in [3.8, 4) is 11.8 Å². The molecule has 0 spiro atoms. The fraction of sp³-hybridized carbons (Fsp3) is 0.512. The summed E-state index contributed by atoms with van der Waals surface area (Å²) in [6.45, 7) is 11.0. The van der Waals surface area contributed by atoms with Gasteiger partial charge < -0.3 is 19.5 Å². The van der Waals surface area contributed by atoms with Crippen molar-refractivity contribution in [2.75, 3.05) is 13.7 Å². The average Bonchev–Trinajstić information content (AvgIpc) is 3.99. The number of nitrogens with zero attached hydrogens (tertiary/aromatic N) is 4. The predicted octanol–water partition coefficient (Wildman–Crippen LogP) is 7.32. The number of nitrogens with one attached hydrogen (secondary N) is 1. The van der Waals surface area contributed by atoms with Crippen molar-refractivity contribution >= 4 is 40.1 Å². The van der Waals surface area contributed by atoms with Crippen molar-refractivity contribution in [2.24, 2.45) is 34.6 Å². The number of aliphatic imine (C=N–C) groups is 1. The number of rotatable bonds is 9. The van der Waals surface area contributed by atoms with Gasteiger partial charge in [0, 0.05) is 48.0 Å². The van der Waals surface area contributed by atoms with E-state index < -0.39 is 5.92 Å². The topological polar surface area (TPSA) is 108 Å². The minimum Gasteiger partial charge on any atom is -0.469 e. The van der Waals surface area contributed by atoms with Crippen LogP contribution in [0, 0.1) is 41.4 Å². The Balaban J connectivity index is 1.00. The molecule has 1 N–H and O–H groups in total. The van der Waals surface area contributed by atoms with E-state index in [0.29, 0.717) is 18.3 Å². The highest BCUT2D eigenvalue weighted by atomic mass is 16.5. The van der Waals surface area contributed by atoms with Crippen LogP contribution < -0.4 is 0 Å². The highest BCUT2D eigenvalue weighted by molar-refractivity contribution is 6.04. The number of carbonyl (C=O) groups is 3. The third-order valence-corrected chi connectivity index (χ3v) is 12.0. The van der Waals surface area contributed by atoms with E-state index in [1.165, 1.54) is 7.11 Å². The molecule has 1 saturated carbocycles. The summed E-state index contributed by atoms with van der Waals surface area (Å²) in [4.78, 5) is 56.7. The summed E-state index contributed by atoms with van der Waals surface area (Å²) >= 11 is 0. The number of benzene rings is 2. The molecule has 0 radical (unpaired) electrons. The van der Waals surface area contributed by atoms with Crippen LogP contribution in [0.5, 0.6) is 0 Å². The molecule has 4 aliphatic rings. The monoisotopic (exact) mass is 701 g/mol. The number of piperidine rings is 1. The van der Waals surface area contributed by atoms with Crippen molar-refractivity contribution in [2.45, 2.75) is 97.7 Å². The molecule has 2 aromatic carbocycles. The minimum absolute atomic E-state index is 0.0132. The SMILES string of the molecule is COC(=O)C[C@H](C(=O)N1[C@@H]2CC[C@@H](C2)[C@H]1C1=NC=C(c2ccc(C#Cc3ccc4nc([C@@H]5CCCN5C(=O)[C@@H](C)C(C)C)[nH]c4c3)cc2)C1)C(C)C. The normalized spacial score (nSPS) is 23.5. The summed E-state index contributed by atoms with van der Waals surface area (Å²) in [7, 11) is 1.38. The Morgan fingerprint density at radius 3 is 2.42 bits per heavy atom. The summed E-state index contributed by atoms with van der Waals surface area (Å²) < 4.78 is 4.93. The van der Waals surface area contributed by atoms with E-state index in [-0.39, 0.29) is 54.2 Å².